The van der Waals surface area contributed by atoms with Gasteiger partial charge in [0.25, 0.3) is 10.0 Å². The lowest BCUT2D eigenvalue weighted by Gasteiger charge is -2.25. The number of thiophene rings is 1. The smallest absolute Gasteiger partial charge is 0.252 e. The predicted octanol–water partition coefficient (Wildman–Crippen LogP) is 2.29. The molecule has 1 aromatic heterocycles. The first-order valence-corrected chi connectivity index (χ1v) is 9.41. The van der Waals surface area contributed by atoms with E-state index in [2.05, 4.69) is 19.2 Å². The molecule has 0 amide bonds. The van der Waals surface area contributed by atoms with Crippen LogP contribution in [0.25, 0.3) is 0 Å². The van der Waals surface area contributed by atoms with Crippen LogP contribution in [0.2, 0.25) is 0 Å². The highest BCUT2D eigenvalue weighted by molar-refractivity contribution is 7.91. The molecule has 0 aromatic carbocycles. The van der Waals surface area contributed by atoms with Gasteiger partial charge >= 0.3 is 0 Å². The van der Waals surface area contributed by atoms with Crippen LogP contribution in [0.1, 0.15) is 32.6 Å². The number of sulfonamides is 1. The Labute approximate surface area is 132 Å². The number of hydrogen-bond acceptors (Lipinski definition) is 5. The monoisotopic (exact) mass is 334 g/mol. The van der Waals surface area contributed by atoms with Crippen molar-refractivity contribution in [3.63, 3.8) is 0 Å². The van der Waals surface area contributed by atoms with E-state index >= 15 is 0 Å². The summed E-state index contributed by atoms with van der Waals surface area (Å²) in [5.41, 5.74) is 0. The van der Waals surface area contributed by atoms with Crippen LogP contribution >= 0.6 is 11.3 Å². The maximum atomic E-state index is 12.7. The van der Waals surface area contributed by atoms with E-state index < -0.39 is 10.0 Å². The zero-order valence-corrected chi connectivity index (χ0v) is 15.1. The van der Waals surface area contributed by atoms with Crippen molar-refractivity contribution in [3.05, 3.63) is 17.0 Å². The molecule has 1 N–H and O–H groups in total. The minimum Gasteiger partial charge on any atom is -0.383 e. The molecule has 1 aromatic rings. The minimum atomic E-state index is -3.45. The summed E-state index contributed by atoms with van der Waals surface area (Å²) < 4.78 is 32.3. The Hall–Kier alpha value is -0.470. The van der Waals surface area contributed by atoms with Gasteiger partial charge in [0.1, 0.15) is 4.21 Å². The predicted molar refractivity (Wildman–Crippen MR) is 87.2 cm³/mol. The van der Waals surface area contributed by atoms with Crippen LogP contribution < -0.4 is 5.32 Å². The molecule has 0 saturated carbocycles. The van der Waals surface area contributed by atoms with Crippen molar-refractivity contribution in [2.75, 3.05) is 20.3 Å². The molecule has 1 rings (SSSR count). The first-order valence-electron chi connectivity index (χ1n) is 7.15. The van der Waals surface area contributed by atoms with Gasteiger partial charge in [-0.2, -0.15) is 4.31 Å². The number of methoxy groups -OCH3 is 1. The van der Waals surface area contributed by atoms with Gasteiger partial charge < -0.3 is 10.1 Å². The number of nitrogens with zero attached hydrogens (tertiary/aromatic N) is 1. The number of likely N-dealkylation sites (N-methyl/N-ethyl adjacent to an activating group) is 1. The van der Waals surface area contributed by atoms with Crippen molar-refractivity contribution < 1.29 is 13.2 Å². The fraction of sp³-hybridized carbons (Fsp3) is 0.714. The van der Waals surface area contributed by atoms with Gasteiger partial charge in [-0.3, -0.25) is 0 Å². The van der Waals surface area contributed by atoms with E-state index in [9.17, 15) is 8.42 Å². The highest BCUT2D eigenvalue weighted by Gasteiger charge is 2.29. The van der Waals surface area contributed by atoms with E-state index in [0.29, 0.717) is 29.9 Å². The van der Waals surface area contributed by atoms with Gasteiger partial charge in [-0.05, 0) is 19.1 Å². The van der Waals surface area contributed by atoms with Gasteiger partial charge in [0.15, 0.2) is 0 Å². The lowest BCUT2D eigenvalue weighted by atomic mass is 10.4. The Bertz CT molecular complexity index is 526. The summed E-state index contributed by atoms with van der Waals surface area (Å²) in [6.07, 6.45) is 0. The van der Waals surface area contributed by atoms with E-state index in [4.69, 9.17) is 4.74 Å². The summed E-state index contributed by atoms with van der Waals surface area (Å²) in [4.78, 5) is 1.03. The van der Waals surface area contributed by atoms with Crippen LogP contribution in [0.3, 0.4) is 0 Å². The Kier molecular flexibility index (Phi) is 7.29. The second kappa shape index (κ2) is 8.24. The zero-order chi connectivity index (χ0) is 16.0. The van der Waals surface area contributed by atoms with Crippen molar-refractivity contribution in [2.45, 2.75) is 50.5 Å². The summed E-state index contributed by atoms with van der Waals surface area (Å²) in [5.74, 6) is 0. The van der Waals surface area contributed by atoms with Crippen LogP contribution in [-0.2, 0) is 21.3 Å². The quantitative estimate of drug-likeness (QED) is 0.753. The van der Waals surface area contributed by atoms with E-state index in [1.165, 1.54) is 15.6 Å². The van der Waals surface area contributed by atoms with E-state index in [0.717, 1.165) is 4.88 Å². The molecule has 0 aliphatic rings. The second-order valence-corrected chi connectivity index (χ2v) is 8.55. The van der Waals surface area contributed by atoms with Crippen molar-refractivity contribution in [1.82, 2.24) is 9.62 Å². The topological polar surface area (TPSA) is 58.6 Å². The van der Waals surface area contributed by atoms with E-state index in [1.807, 2.05) is 19.9 Å². The molecule has 0 bridgehead atoms. The van der Waals surface area contributed by atoms with Crippen LogP contribution in [0.5, 0.6) is 0 Å². The Morgan fingerprint density at radius 1 is 1.33 bits per heavy atom. The summed E-state index contributed by atoms with van der Waals surface area (Å²) in [5, 5.41) is 3.29. The Balaban J connectivity index is 2.90. The Morgan fingerprint density at radius 2 is 2.00 bits per heavy atom. The van der Waals surface area contributed by atoms with Gasteiger partial charge in [0.05, 0.1) is 6.61 Å². The summed E-state index contributed by atoms with van der Waals surface area (Å²) in [7, 11) is -1.87. The van der Waals surface area contributed by atoms with Gasteiger partial charge in [0, 0.05) is 37.2 Å². The third kappa shape index (κ3) is 5.03. The highest BCUT2D eigenvalue weighted by atomic mass is 32.2. The summed E-state index contributed by atoms with van der Waals surface area (Å²) in [6.45, 7) is 9.35. The summed E-state index contributed by atoms with van der Waals surface area (Å²) in [6, 6.07) is 3.77. The molecule has 1 atom stereocenters. The zero-order valence-electron chi connectivity index (χ0n) is 13.4. The molecule has 0 saturated heterocycles. The van der Waals surface area contributed by atoms with Crippen LogP contribution in [0.4, 0.5) is 0 Å². The maximum absolute atomic E-state index is 12.7. The largest absolute Gasteiger partial charge is 0.383 e. The molecule has 0 spiro atoms. The van der Waals surface area contributed by atoms with Crippen molar-refractivity contribution in [3.8, 4) is 0 Å². The fourth-order valence-electron chi connectivity index (χ4n) is 2.06. The summed E-state index contributed by atoms with van der Waals surface area (Å²) >= 11 is 1.33. The molecule has 0 radical (unpaired) electrons. The van der Waals surface area contributed by atoms with E-state index in [1.54, 1.807) is 13.2 Å². The third-order valence-electron chi connectivity index (χ3n) is 3.10. The SMILES string of the molecule is CCN(C(C)COC)S(=O)(=O)c1ccc(CNC(C)C)s1. The minimum absolute atomic E-state index is 0.177. The molecular formula is C14H26N2O3S2. The molecule has 21 heavy (non-hydrogen) atoms. The molecule has 5 nitrogen and oxygen atoms in total. The molecule has 0 aliphatic heterocycles. The molecule has 0 aliphatic carbocycles. The fourth-order valence-corrected chi connectivity index (χ4v) is 5.12. The van der Waals surface area contributed by atoms with Crippen LogP contribution in [-0.4, -0.2) is 45.1 Å². The second-order valence-electron chi connectivity index (χ2n) is 5.27. The van der Waals surface area contributed by atoms with Gasteiger partial charge in [-0.25, -0.2) is 8.42 Å². The van der Waals surface area contributed by atoms with Gasteiger partial charge in [0.2, 0.25) is 0 Å². The number of rotatable bonds is 9. The van der Waals surface area contributed by atoms with Crippen LogP contribution in [0.15, 0.2) is 16.3 Å². The van der Waals surface area contributed by atoms with Crippen molar-refractivity contribution >= 4 is 21.4 Å². The molecule has 0 fully saturated rings. The van der Waals surface area contributed by atoms with Gasteiger partial charge in [-0.15, -0.1) is 11.3 Å². The molecule has 1 heterocycles. The molecule has 1 unspecified atom stereocenters. The number of ether oxygens (including phenoxy) is 1. The first-order chi connectivity index (χ1) is 9.82. The third-order valence-corrected chi connectivity index (χ3v) is 6.74. The molecule has 7 heteroatoms. The average Bonchev–Trinajstić information content (AvgIpc) is 2.86. The van der Waals surface area contributed by atoms with Crippen molar-refractivity contribution in [2.24, 2.45) is 0 Å². The van der Waals surface area contributed by atoms with E-state index in [-0.39, 0.29) is 6.04 Å². The maximum Gasteiger partial charge on any atom is 0.252 e. The number of nitrogens with one attached hydrogen (secondary N) is 1. The lowest BCUT2D eigenvalue weighted by molar-refractivity contribution is 0.143. The van der Waals surface area contributed by atoms with Crippen LogP contribution in [0, 0.1) is 0 Å². The highest BCUT2D eigenvalue weighted by Crippen LogP contribution is 2.26. The van der Waals surface area contributed by atoms with Crippen molar-refractivity contribution in [1.29, 1.82) is 0 Å². The Morgan fingerprint density at radius 3 is 2.52 bits per heavy atom. The average molecular weight is 335 g/mol. The number of hydrogen-bond donors (Lipinski definition) is 1. The molecule has 122 valence electrons. The lowest BCUT2D eigenvalue weighted by Crippen LogP contribution is -2.40. The molecular weight excluding hydrogens is 308 g/mol. The normalized spacial score (nSPS) is 14.0. The first kappa shape index (κ1) is 18.6. The van der Waals surface area contributed by atoms with Gasteiger partial charge in [-0.1, -0.05) is 20.8 Å². The standard InChI is InChI=1S/C14H26N2O3S2/c1-6-16(12(4)10-19-5)21(17,18)14-8-7-13(20-14)9-15-11(2)3/h7-8,11-12,15H,6,9-10H2,1-5H3.